The average Bonchev–Trinajstić information content (AvgIpc) is 2.71. The summed E-state index contributed by atoms with van der Waals surface area (Å²) in [5.41, 5.74) is 6.40. The van der Waals surface area contributed by atoms with Gasteiger partial charge in [0.2, 0.25) is 5.89 Å². The Bertz CT molecular complexity index is 477. The number of nitrogens with two attached hydrogens (primary N) is 1. The summed E-state index contributed by atoms with van der Waals surface area (Å²) in [4.78, 5) is 0. The largest absolute Gasteiger partial charge is 0.406 e. The number of anilines is 2. The van der Waals surface area contributed by atoms with Crippen LogP contribution in [0.4, 0.5) is 16.1 Å². The Balaban J connectivity index is 2.26. The van der Waals surface area contributed by atoms with Crippen LogP contribution >= 0.6 is 0 Å². The Morgan fingerprint density at radius 3 is 2.88 bits per heavy atom. The van der Waals surface area contributed by atoms with Crippen molar-refractivity contribution in [2.45, 2.75) is 13.5 Å². The lowest BCUT2D eigenvalue weighted by Crippen LogP contribution is -1.96. The highest BCUT2D eigenvalue weighted by Gasteiger charge is 2.09. The minimum atomic E-state index is -0.368. The molecule has 5 nitrogen and oxygen atoms in total. The zero-order valence-corrected chi connectivity index (χ0v) is 8.70. The predicted molar refractivity (Wildman–Crippen MR) is 56.6 cm³/mol. The summed E-state index contributed by atoms with van der Waals surface area (Å²) in [7, 11) is 0. The molecule has 0 saturated carbocycles. The molecule has 0 spiro atoms. The van der Waals surface area contributed by atoms with E-state index in [-0.39, 0.29) is 18.4 Å². The summed E-state index contributed by atoms with van der Waals surface area (Å²) in [5, 5.41) is 10.1. The standard InChI is InChI=1S/C10H11FN4O/c1-6-3-2-4-7(11)9(6)13-10-15-14-8(5-12)16-10/h2-4H,5,12H2,1H3,(H,13,15). The zero-order chi connectivity index (χ0) is 11.5. The first-order valence-electron chi connectivity index (χ1n) is 4.75. The summed E-state index contributed by atoms with van der Waals surface area (Å²) < 4.78 is 18.6. The van der Waals surface area contributed by atoms with Crippen molar-refractivity contribution in [3.8, 4) is 0 Å². The Morgan fingerprint density at radius 2 is 2.25 bits per heavy atom. The van der Waals surface area contributed by atoms with Crippen molar-refractivity contribution in [2.24, 2.45) is 5.73 Å². The number of nitrogens with one attached hydrogen (secondary N) is 1. The van der Waals surface area contributed by atoms with E-state index >= 15 is 0 Å². The number of rotatable bonds is 3. The third kappa shape index (κ3) is 2.01. The lowest BCUT2D eigenvalue weighted by atomic mass is 10.2. The third-order valence-corrected chi connectivity index (χ3v) is 2.10. The van der Waals surface area contributed by atoms with Gasteiger partial charge >= 0.3 is 6.01 Å². The summed E-state index contributed by atoms with van der Waals surface area (Å²) in [5.74, 6) is -0.0657. The van der Waals surface area contributed by atoms with Gasteiger partial charge in [-0.15, -0.1) is 5.10 Å². The fourth-order valence-corrected chi connectivity index (χ4v) is 1.28. The molecule has 0 radical (unpaired) electrons. The second-order valence-corrected chi connectivity index (χ2v) is 3.26. The maximum absolute atomic E-state index is 13.4. The van der Waals surface area contributed by atoms with Gasteiger partial charge in [0.05, 0.1) is 12.2 Å². The van der Waals surface area contributed by atoms with E-state index < -0.39 is 0 Å². The molecule has 1 aromatic carbocycles. The average molecular weight is 222 g/mol. The molecule has 0 aliphatic rings. The number of aromatic nitrogens is 2. The summed E-state index contributed by atoms with van der Waals surface area (Å²) in [6.45, 7) is 1.94. The number of nitrogens with zero attached hydrogens (tertiary/aromatic N) is 2. The summed E-state index contributed by atoms with van der Waals surface area (Å²) in [6, 6.07) is 4.91. The van der Waals surface area contributed by atoms with Gasteiger partial charge < -0.3 is 15.5 Å². The first-order valence-corrected chi connectivity index (χ1v) is 4.75. The van der Waals surface area contributed by atoms with Crippen molar-refractivity contribution in [2.75, 3.05) is 5.32 Å². The number of hydrogen-bond donors (Lipinski definition) is 2. The van der Waals surface area contributed by atoms with Crippen LogP contribution < -0.4 is 11.1 Å². The quantitative estimate of drug-likeness (QED) is 0.826. The molecule has 0 fully saturated rings. The topological polar surface area (TPSA) is 77.0 Å². The van der Waals surface area contributed by atoms with Gasteiger partial charge in [0, 0.05) is 0 Å². The van der Waals surface area contributed by atoms with E-state index in [0.29, 0.717) is 11.6 Å². The Hall–Kier alpha value is -1.95. The van der Waals surface area contributed by atoms with Crippen LogP contribution in [0.25, 0.3) is 0 Å². The molecule has 3 N–H and O–H groups in total. The number of benzene rings is 1. The molecule has 0 saturated heterocycles. The van der Waals surface area contributed by atoms with Gasteiger partial charge in [-0.3, -0.25) is 0 Å². The van der Waals surface area contributed by atoms with Gasteiger partial charge in [-0.1, -0.05) is 17.2 Å². The second kappa shape index (κ2) is 4.28. The number of hydrogen-bond acceptors (Lipinski definition) is 5. The molecule has 0 atom stereocenters. The second-order valence-electron chi connectivity index (χ2n) is 3.26. The predicted octanol–water partition coefficient (Wildman–Crippen LogP) is 1.72. The molecule has 1 heterocycles. The molecule has 0 bridgehead atoms. The van der Waals surface area contributed by atoms with Gasteiger partial charge in [-0.05, 0) is 18.6 Å². The highest BCUT2D eigenvalue weighted by atomic mass is 19.1. The van der Waals surface area contributed by atoms with Gasteiger partial charge in [0.1, 0.15) is 5.82 Å². The smallest absolute Gasteiger partial charge is 0.320 e. The van der Waals surface area contributed by atoms with Gasteiger partial charge in [0.25, 0.3) is 0 Å². The Labute approximate surface area is 91.5 Å². The molecule has 16 heavy (non-hydrogen) atoms. The van der Waals surface area contributed by atoms with Crippen LogP contribution in [0.1, 0.15) is 11.5 Å². The van der Waals surface area contributed by atoms with Crippen molar-refractivity contribution in [1.29, 1.82) is 0 Å². The molecule has 6 heteroatoms. The van der Waals surface area contributed by atoms with Crippen LogP contribution in [0, 0.1) is 12.7 Å². The van der Waals surface area contributed by atoms with Crippen molar-refractivity contribution in [1.82, 2.24) is 10.2 Å². The molecule has 84 valence electrons. The normalized spacial score (nSPS) is 10.4. The van der Waals surface area contributed by atoms with Gasteiger partial charge in [-0.25, -0.2) is 4.39 Å². The van der Waals surface area contributed by atoms with Crippen molar-refractivity contribution in [3.05, 3.63) is 35.5 Å². The number of para-hydroxylation sites is 1. The van der Waals surface area contributed by atoms with Crippen molar-refractivity contribution < 1.29 is 8.81 Å². The fourth-order valence-electron chi connectivity index (χ4n) is 1.28. The summed E-state index contributed by atoms with van der Waals surface area (Å²) >= 11 is 0. The van der Waals surface area contributed by atoms with Gasteiger partial charge in [-0.2, -0.15) is 0 Å². The van der Waals surface area contributed by atoms with Crippen LogP contribution in [-0.4, -0.2) is 10.2 Å². The molecule has 0 unspecified atom stereocenters. The first kappa shape index (κ1) is 10.6. The molecular weight excluding hydrogens is 211 g/mol. The Morgan fingerprint density at radius 1 is 1.44 bits per heavy atom. The molecule has 0 amide bonds. The fraction of sp³-hybridized carbons (Fsp3) is 0.200. The van der Waals surface area contributed by atoms with Crippen LogP contribution in [0.5, 0.6) is 0 Å². The van der Waals surface area contributed by atoms with E-state index in [1.165, 1.54) is 6.07 Å². The maximum Gasteiger partial charge on any atom is 0.320 e. The molecule has 0 aliphatic heterocycles. The summed E-state index contributed by atoms with van der Waals surface area (Å²) in [6.07, 6.45) is 0. The van der Waals surface area contributed by atoms with E-state index in [1.807, 2.05) is 0 Å². The zero-order valence-electron chi connectivity index (χ0n) is 8.70. The van der Waals surface area contributed by atoms with E-state index in [9.17, 15) is 4.39 Å². The van der Waals surface area contributed by atoms with E-state index in [2.05, 4.69) is 15.5 Å². The third-order valence-electron chi connectivity index (χ3n) is 2.10. The lowest BCUT2D eigenvalue weighted by molar-refractivity contribution is 0.510. The molecular formula is C10H11FN4O. The number of halogens is 1. The highest BCUT2D eigenvalue weighted by Crippen LogP contribution is 2.22. The number of aryl methyl sites for hydroxylation is 1. The molecule has 0 aliphatic carbocycles. The molecule has 2 aromatic rings. The molecule has 1 aromatic heterocycles. The van der Waals surface area contributed by atoms with E-state index in [4.69, 9.17) is 10.2 Å². The van der Waals surface area contributed by atoms with Gasteiger partial charge in [0.15, 0.2) is 0 Å². The van der Waals surface area contributed by atoms with Crippen molar-refractivity contribution >= 4 is 11.7 Å². The van der Waals surface area contributed by atoms with E-state index in [1.54, 1.807) is 19.1 Å². The SMILES string of the molecule is Cc1cccc(F)c1Nc1nnc(CN)o1. The minimum Gasteiger partial charge on any atom is -0.406 e. The van der Waals surface area contributed by atoms with E-state index in [0.717, 1.165) is 5.56 Å². The van der Waals surface area contributed by atoms with Crippen LogP contribution in [0.15, 0.2) is 22.6 Å². The monoisotopic (exact) mass is 222 g/mol. The molecule has 2 rings (SSSR count). The minimum absolute atomic E-state index is 0.133. The van der Waals surface area contributed by atoms with Crippen LogP contribution in [0.3, 0.4) is 0 Å². The maximum atomic E-state index is 13.4. The first-order chi connectivity index (χ1) is 7.70. The van der Waals surface area contributed by atoms with Crippen LogP contribution in [0.2, 0.25) is 0 Å². The van der Waals surface area contributed by atoms with Crippen molar-refractivity contribution in [3.63, 3.8) is 0 Å². The Kier molecular flexibility index (Phi) is 2.82. The highest BCUT2D eigenvalue weighted by molar-refractivity contribution is 5.57. The van der Waals surface area contributed by atoms with Crippen LogP contribution in [-0.2, 0) is 6.54 Å². The lowest BCUT2D eigenvalue weighted by Gasteiger charge is -2.05.